The second-order valence-electron chi connectivity index (χ2n) is 4.45. The minimum atomic E-state index is -0.879. The van der Waals surface area contributed by atoms with Crippen molar-refractivity contribution in [3.63, 3.8) is 0 Å². The van der Waals surface area contributed by atoms with Gasteiger partial charge in [-0.25, -0.2) is 19.6 Å². The Hall–Kier alpha value is -3.74. The van der Waals surface area contributed by atoms with Crippen molar-refractivity contribution in [1.82, 2.24) is 9.97 Å². The quantitative estimate of drug-likeness (QED) is 0.655. The Kier molecular flexibility index (Phi) is 8.42. The zero-order chi connectivity index (χ0) is 18.5. The topological polar surface area (TPSA) is 126 Å². The molecule has 7 nitrogen and oxygen atoms in total. The third-order valence-corrected chi connectivity index (χ3v) is 2.63. The summed E-state index contributed by atoms with van der Waals surface area (Å²) in [6.07, 6.45) is 3.20. The Morgan fingerprint density at radius 1 is 0.680 bits per heavy atom. The van der Waals surface area contributed by atoms with Crippen LogP contribution in [0.5, 0.6) is 0 Å². The summed E-state index contributed by atoms with van der Waals surface area (Å²) in [5, 5.41) is 16.8. The van der Waals surface area contributed by atoms with Gasteiger partial charge < -0.3 is 15.9 Å². The molecule has 0 saturated carbocycles. The van der Waals surface area contributed by atoms with Crippen LogP contribution in [0.4, 0.5) is 5.95 Å². The number of hydrogen-bond acceptors (Lipinski definition) is 5. The molecule has 0 atom stereocenters. The number of aromatic carboxylic acids is 2. The lowest BCUT2D eigenvalue weighted by atomic mass is 10.2. The van der Waals surface area contributed by atoms with Crippen molar-refractivity contribution in [2.75, 3.05) is 5.73 Å². The summed E-state index contributed by atoms with van der Waals surface area (Å²) in [7, 11) is 0. The molecule has 0 radical (unpaired) electrons. The van der Waals surface area contributed by atoms with E-state index in [9.17, 15) is 9.59 Å². The van der Waals surface area contributed by atoms with Gasteiger partial charge in [-0.15, -0.1) is 0 Å². The lowest BCUT2D eigenvalue weighted by molar-refractivity contribution is 0.0686. The van der Waals surface area contributed by atoms with Crippen molar-refractivity contribution in [2.24, 2.45) is 0 Å². The van der Waals surface area contributed by atoms with Crippen molar-refractivity contribution < 1.29 is 19.8 Å². The van der Waals surface area contributed by atoms with E-state index in [1.807, 2.05) is 0 Å². The molecule has 0 aliphatic carbocycles. The number of rotatable bonds is 2. The predicted molar refractivity (Wildman–Crippen MR) is 93.2 cm³/mol. The molecule has 3 rings (SSSR count). The molecule has 128 valence electrons. The van der Waals surface area contributed by atoms with Crippen LogP contribution in [0.25, 0.3) is 0 Å². The lowest BCUT2D eigenvalue weighted by Gasteiger charge is -1.88. The summed E-state index contributed by atoms with van der Waals surface area (Å²) in [5.41, 5.74) is 5.80. The zero-order valence-electron chi connectivity index (χ0n) is 13.2. The molecule has 25 heavy (non-hydrogen) atoms. The van der Waals surface area contributed by atoms with Crippen LogP contribution in [0.3, 0.4) is 0 Å². The molecule has 4 N–H and O–H groups in total. The second kappa shape index (κ2) is 10.9. The number of nitrogen functional groups attached to an aromatic ring is 1. The largest absolute Gasteiger partial charge is 0.478 e. The van der Waals surface area contributed by atoms with E-state index < -0.39 is 11.9 Å². The van der Waals surface area contributed by atoms with Crippen molar-refractivity contribution >= 4 is 17.9 Å². The number of anilines is 1. The molecular weight excluding hydrogens is 322 g/mol. The number of carboxylic acids is 2. The van der Waals surface area contributed by atoms with Crippen molar-refractivity contribution in [1.29, 1.82) is 0 Å². The first kappa shape index (κ1) is 19.3. The van der Waals surface area contributed by atoms with Crippen molar-refractivity contribution in [2.45, 2.75) is 0 Å². The summed E-state index contributed by atoms with van der Waals surface area (Å²) in [4.78, 5) is 27.7. The Labute approximate surface area is 144 Å². The van der Waals surface area contributed by atoms with Gasteiger partial charge in [-0.3, -0.25) is 0 Å². The highest BCUT2D eigenvalue weighted by atomic mass is 16.4. The minimum Gasteiger partial charge on any atom is -0.478 e. The number of benzene rings is 2. The van der Waals surface area contributed by atoms with Gasteiger partial charge in [-0.05, 0) is 30.3 Å². The van der Waals surface area contributed by atoms with Gasteiger partial charge in [0.25, 0.3) is 0 Å². The van der Waals surface area contributed by atoms with Crippen LogP contribution < -0.4 is 5.73 Å². The average molecular weight is 339 g/mol. The monoisotopic (exact) mass is 339 g/mol. The molecule has 0 spiro atoms. The predicted octanol–water partition coefficient (Wildman–Crippen LogP) is 2.83. The summed E-state index contributed by atoms with van der Waals surface area (Å²) in [5.74, 6) is -1.44. The van der Waals surface area contributed by atoms with Gasteiger partial charge in [0.15, 0.2) is 0 Å². The highest BCUT2D eigenvalue weighted by Gasteiger charge is 1.97. The number of nitrogens with two attached hydrogens (primary N) is 1. The van der Waals surface area contributed by atoms with Crippen LogP contribution in [-0.4, -0.2) is 32.1 Å². The Morgan fingerprint density at radius 3 is 1.24 bits per heavy atom. The van der Waals surface area contributed by atoms with Crippen molar-refractivity contribution in [3.8, 4) is 0 Å². The van der Waals surface area contributed by atoms with Crippen LogP contribution in [-0.2, 0) is 0 Å². The molecule has 0 saturated heterocycles. The first-order valence-electron chi connectivity index (χ1n) is 7.10. The Bertz CT molecular complexity index is 717. The van der Waals surface area contributed by atoms with E-state index in [1.165, 1.54) is 0 Å². The first-order chi connectivity index (χ1) is 12.0. The minimum absolute atomic E-state index is 0.322. The Balaban J connectivity index is 0.000000189. The smallest absolute Gasteiger partial charge is 0.335 e. The first-order valence-corrected chi connectivity index (χ1v) is 7.10. The van der Waals surface area contributed by atoms with Crippen molar-refractivity contribution in [3.05, 3.63) is 90.3 Å². The highest BCUT2D eigenvalue weighted by molar-refractivity contribution is 5.87. The molecule has 0 fully saturated rings. The number of nitrogens with zero attached hydrogens (tertiary/aromatic N) is 2. The van der Waals surface area contributed by atoms with E-state index >= 15 is 0 Å². The highest BCUT2D eigenvalue weighted by Crippen LogP contribution is 1.96. The van der Waals surface area contributed by atoms with Gasteiger partial charge in [0.05, 0.1) is 11.1 Å². The molecule has 7 heteroatoms. The number of aromatic nitrogens is 2. The number of carbonyl (C=O) groups is 2. The maximum Gasteiger partial charge on any atom is 0.335 e. The van der Waals surface area contributed by atoms with Crippen LogP contribution in [0, 0.1) is 0 Å². The molecule has 0 aliphatic rings. The van der Waals surface area contributed by atoms with Crippen LogP contribution in [0.15, 0.2) is 79.1 Å². The normalized spacial score (nSPS) is 8.80. The van der Waals surface area contributed by atoms with Gasteiger partial charge in [-0.1, -0.05) is 36.4 Å². The number of carboxylic acid groups (broad SMARTS) is 2. The van der Waals surface area contributed by atoms with Crippen LogP contribution in [0.2, 0.25) is 0 Å². The van der Waals surface area contributed by atoms with E-state index in [2.05, 4.69) is 9.97 Å². The summed E-state index contributed by atoms with van der Waals surface area (Å²) >= 11 is 0. The van der Waals surface area contributed by atoms with E-state index in [4.69, 9.17) is 15.9 Å². The van der Waals surface area contributed by atoms with E-state index in [0.29, 0.717) is 17.1 Å². The second-order valence-corrected chi connectivity index (χ2v) is 4.45. The molecule has 0 bridgehead atoms. The number of hydrogen-bond donors (Lipinski definition) is 3. The van der Waals surface area contributed by atoms with Gasteiger partial charge in [0.1, 0.15) is 0 Å². The zero-order valence-corrected chi connectivity index (χ0v) is 13.2. The van der Waals surface area contributed by atoms with Gasteiger partial charge >= 0.3 is 11.9 Å². The van der Waals surface area contributed by atoms with Crippen LogP contribution in [0.1, 0.15) is 20.7 Å². The van der Waals surface area contributed by atoms with E-state index in [0.717, 1.165) is 0 Å². The molecule has 3 aromatic rings. The Morgan fingerprint density at radius 2 is 1.04 bits per heavy atom. The molecular formula is C18H17N3O4. The van der Waals surface area contributed by atoms with Gasteiger partial charge in [0, 0.05) is 12.4 Å². The maximum atomic E-state index is 10.2. The molecule has 0 amide bonds. The van der Waals surface area contributed by atoms with E-state index in [1.54, 1.807) is 79.1 Å². The lowest BCUT2D eigenvalue weighted by Crippen LogP contribution is -1.93. The molecule has 0 unspecified atom stereocenters. The van der Waals surface area contributed by atoms with Crippen LogP contribution >= 0.6 is 0 Å². The fraction of sp³-hybridized carbons (Fsp3) is 0. The summed E-state index contributed by atoms with van der Waals surface area (Å²) < 4.78 is 0. The summed E-state index contributed by atoms with van der Waals surface area (Å²) in [6, 6.07) is 18.3. The molecule has 1 heterocycles. The van der Waals surface area contributed by atoms with Gasteiger partial charge in [0.2, 0.25) is 5.95 Å². The standard InChI is InChI=1S/2C7H6O2.C4H5N3/c2*8-7(9)6-4-2-1-3-5-6;5-4-6-2-1-3-7-4/h2*1-5H,(H,8,9);1-3H,(H2,5,6,7). The summed E-state index contributed by atoms with van der Waals surface area (Å²) in [6.45, 7) is 0. The SMILES string of the molecule is Nc1ncccn1.O=C(O)c1ccccc1.O=C(O)c1ccccc1. The third-order valence-electron chi connectivity index (χ3n) is 2.63. The third kappa shape index (κ3) is 8.46. The maximum absolute atomic E-state index is 10.2. The molecule has 1 aromatic heterocycles. The molecule has 0 aliphatic heterocycles. The fourth-order valence-corrected chi connectivity index (χ4v) is 1.47. The van der Waals surface area contributed by atoms with Gasteiger partial charge in [-0.2, -0.15) is 0 Å². The molecule has 2 aromatic carbocycles. The average Bonchev–Trinajstić information content (AvgIpc) is 2.65. The fourth-order valence-electron chi connectivity index (χ4n) is 1.47. The van der Waals surface area contributed by atoms with E-state index in [-0.39, 0.29) is 0 Å².